The van der Waals surface area contributed by atoms with Crippen molar-refractivity contribution >= 4 is 21.6 Å². The van der Waals surface area contributed by atoms with Gasteiger partial charge in [-0.3, -0.25) is 0 Å². The quantitative estimate of drug-likeness (QED) is 0.905. The smallest absolute Gasteiger partial charge is 0.0762 e. The molecule has 1 aliphatic heterocycles. The van der Waals surface area contributed by atoms with Gasteiger partial charge in [0.15, 0.2) is 0 Å². The molecule has 3 nitrogen and oxygen atoms in total. The van der Waals surface area contributed by atoms with E-state index in [1.54, 1.807) is 6.92 Å². The second-order valence-electron chi connectivity index (χ2n) is 3.99. The van der Waals surface area contributed by atoms with Crippen molar-refractivity contribution in [3.05, 3.63) is 28.2 Å². The summed E-state index contributed by atoms with van der Waals surface area (Å²) in [5, 5.41) is 9.49. The average Bonchev–Trinajstić information content (AvgIpc) is 2.30. The Balaban J connectivity index is 2.21. The van der Waals surface area contributed by atoms with Gasteiger partial charge in [-0.05, 0) is 40.5 Å². The van der Waals surface area contributed by atoms with Gasteiger partial charge < -0.3 is 14.7 Å². The Kier molecular flexibility index (Phi) is 3.84. The van der Waals surface area contributed by atoms with Crippen LogP contribution in [-0.2, 0) is 4.74 Å². The highest BCUT2D eigenvalue weighted by Gasteiger charge is 2.14. The first-order chi connectivity index (χ1) is 7.68. The molecular formula is C12H16BrNO2. The van der Waals surface area contributed by atoms with Gasteiger partial charge in [0.05, 0.1) is 25.0 Å². The molecule has 1 fully saturated rings. The summed E-state index contributed by atoms with van der Waals surface area (Å²) in [6.45, 7) is 5.19. The second kappa shape index (κ2) is 5.17. The fourth-order valence-corrected chi connectivity index (χ4v) is 2.49. The van der Waals surface area contributed by atoms with E-state index in [9.17, 15) is 5.11 Å². The summed E-state index contributed by atoms with van der Waals surface area (Å²) in [6.07, 6.45) is -0.421. The average molecular weight is 286 g/mol. The van der Waals surface area contributed by atoms with Gasteiger partial charge in [-0.15, -0.1) is 0 Å². The maximum atomic E-state index is 9.49. The van der Waals surface area contributed by atoms with Crippen molar-refractivity contribution in [2.75, 3.05) is 31.2 Å². The Morgan fingerprint density at radius 3 is 2.62 bits per heavy atom. The van der Waals surface area contributed by atoms with Crippen molar-refractivity contribution in [1.82, 2.24) is 0 Å². The lowest BCUT2D eigenvalue weighted by Crippen LogP contribution is -2.36. The van der Waals surface area contributed by atoms with E-state index >= 15 is 0 Å². The first-order valence-electron chi connectivity index (χ1n) is 5.48. The van der Waals surface area contributed by atoms with Crippen LogP contribution in [0.25, 0.3) is 0 Å². The fourth-order valence-electron chi connectivity index (χ4n) is 1.84. The second-order valence-corrected chi connectivity index (χ2v) is 4.84. The maximum Gasteiger partial charge on any atom is 0.0762 e. The number of rotatable bonds is 2. The molecule has 1 aliphatic rings. The number of morpholine rings is 1. The first-order valence-corrected chi connectivity index (χ1v) is 6.28. The van der Waals surface area contributed by atoms with E-state index < -0.39 is 6.10 Å². The minimum atomic E-state index is -0.421. The van der Waals surface area contributed by atoms with Crippen LogP contribution in [0.5, 0.6) is 0 Å². The van der Waals surface area contributed by atoms with Crippen LogP contribution >= 0.6 is 15.9 Å². The van der Waals surface area contributed by atoms with E-state index in [1.165, 1.54) is 5.69 Å². The number of anilines is 1. The van der Waals surface area contributed by atoms with Gasteiger partial charge in [-0.1, -0.05) is 6.07 Å². The molecule has 4 heteroatoms. The highest BCUT2D eigenvalue weighted by molar-refractivity contribution is 9.10. The third kappa shape index (κ3) is 2.56. The minimum absolute atomic E-state index is 0.421. The Morgan fingerprint density at radius 2 is 2.06 bits per heavy atom. The zero-order chi connectivity index (χ0) is 11.5. The lowest BCUT2D eigenvalue weighted by molar-refractivity contribution is 0.122. The summed E-state index contributed by atoms with van der Waals surface area (Å²) in [5.41, 5.74) is 2.11. The molecule has 0 amide bonds. The van der Waals surface area contributed by atoms with E-state index in [0.29, 0.717) is 0 Å². The van der Waals surface area contributed by atoms with E-state index in [2.05, 4.69) is 26.9 Å². The number of ether oxygens (including phenoxy) is 1. The molecule has 0 aromatic heterocycles. The van der Waals surface area contributed by atoms with Crippen molar-refractivity contribution in [3.63, 3.8) is 0 Å². The van der Waals surface area contributed by atoms with Gasteiger partial charge in [0.2, 0.25) is 0 Å². The number of hydrogen-bond donors (Lipinski definition) is 1. The van der Waals surface area contributed by atoms with E-state index in [0.717, 1.165) is 36.3 Å². The molecule has 2 rings (SSSR count). The molecule has 1 aromatic rings. The van der Waals surface area contributed by atoms with Crippen molar-refractivity contribution in [3.8, 4) is 0 Å². The number of hydrogen-bond acceptors (Lipinski definition) is 3. The number of nitrogens with zero attached hydrogens (tertiary/aromatic N) is 1. The molecule has 1 aromatic carbocycles. The monoisotopic (exact) mass is 285 g/mol. The van der Waals surface area contributed by atoms with Crippen LogP contribution in [0.4, 0.5) is 5.69 Å². The molecule has 0 unspecified atom stereocenters. The maximum absolute atomic E-state index is 9.49. The highest BCUT2D eigenvalue weighted by Crippen LogP contribution is 2.29. The van der Waals surface area contributed by atoms with Crippen LogP contribution in [-0.4, -0.2) is 31.4 Å². The van der Waals surface area contributed by atoms with E-state index in [-0.39, 0.29) is 0 Å². The molecular weight excluding hydrogens is 270 g/mol. The lowest BCUT2D eigenvalue weighted by Gasteiger charge is -2.30. The van der Waals surface area contributed by atoms with E-state index in [1.807, 2.05) is 12.1 Å². The summed E-state index contributed by atoms with van der Waals surface area (Å²) in [6, 6.07) is 6.01. The molecule has 0 aliphatic carbocycles. The van der Waals surface area contributed by atoms with Crippen LogP contribution in [0.15, 0.2) is 22.7 Å². The molecule has 1 saturated heterocycles. The molecule has 16 heavy (non-hydrogen) atoms. The van der Waals surface area contributed by atoms with Crippen LogP contribution in [0.2, 0.25) is 0 Å². The standard InChI is InChI=1S/C12H16BrNO2/c1-9(15)10-2-3-12(11(13)8-10)14-4-6-16-7-5-14/h2-3,8-9,15H,4-7H2,1H3/t9-/m0/s1. The summed E-state index contributed by atoms with van der Waals surface area (Å²) in [4.78, 5) is 2.29. The number of aliphatic hydroxyl groups excluding tert-OH is 1. The molecule has 0 spiro atoms. The third-order valence-electron chi connectivity index (χ3n) is 2.81. The molecule has 0 bridgehead atoms. The van der Waals surface area contributed by atoms with Gasteiger partial charge in [0, 0.05) is 17.6 Å². The fraction of sp³-hybridized carbons (Fsp3) is 0.500. The third-order valence-corrected chi connectivity index (χ3v) is 3.44. The molecule has 1 atom stereocenters. The largest absolute Gasteiger partial charge is 0.389 e. The Labute approximate surface area is 104 Å². The number of halogens is 1. The van der Waals surface area contributed by atoms with Gasteiger partial charge in [0.25, 0.3) is 0 Å². The molecule has 0 radical (unpaired) electrons. The Morgan fingerprint density at radius 1 is 1.38 bits per heavy atom. The van der Waals surface area contributed by atoms with Crippen LogP contribution < -0.4 is 4.90 Å². The zero-order valence-electron chi connectivity index (χ0n) is 9.32. The van der Waals surface area contributed by atoms with Crippen LogP contribution in [0.3, 0.4) is 0 Å². The van der Waals surface area contributed by atoms with Gasteiger partial charge in [-0.2, -0.15) is 0 Å². The van der Waals surface area contributed by atoms with Gasteiger partial charge in [0.1, 0.15) is 0 Å². The number of aliphatic hydroxyl groups is 1. The predicted octanol–water partition coefficient (Wildman–Crippen LogP) is 2.34. The lowest BCUT2D eigenvalue weighted by atomic mass is 10.1. The van der Waals surface area contributed by atoms with Crippen molar-refractivity contribution in [1.29, 1.82) is 0 Å². The van der Waals surface area contributed by atoms with Crippen molar-refractivity contribution in [2.45, 2.75) is 13.0 Å². The van der Waals surface area contributed by atoms with Crippen LogP contribution in [0.1, 0.15) is 18.6 Å². The normalized spacial score (nSPS) is 18.6. The van der Waals surface area contributed by atoms with Gasteiger partial charge >= 0.3 is 0 Å². The van der Waals surface area contributed by atoms with Crippen LogP contribution in [0, 0.1) is 0 Å². The van der Waals surface area contributed by atoms with Gasteiger partial charge in [-0.25, -0.2) is 0 Å². The summed E-state index contributed by atoms with van der Waals surface area (Å²) in [5.74, 6) is 0. The summed E-state index contributed by atoms with van der Waals surface area (Å²) >= 11 is 3.56. The zero-order valence-corrected chi connectivity index (χ0v) is 10.9. The van der Waals surface area contributed by atoms with Crippen molar-refractivity contribution in [2.24, 2.45) is 0 Å². The molecule has 88 valence electrons. The first kappa shape index (κ1) is 11.9. The van der Waals surface area contributed by atoms with E-state index in [4.69, 9.17) is 4.74 Å². The highest BCUT2D eigenvalue weighted by atomic mass is 79.9. The summed E-state index contributed by atoms with van der Waals surface area (Å²) in [7, 11) is 0. The Hall–Kier alpha value is -0.580. The number of benzene rings is 1. The molecule has 1 N–H and O–H groups in total. The predicted molar refractivity (Wildman–Crippen MR) is 67.8 cm³/mol. The Bertz CT molecular complexity index is 362. The molecule has 0 saturated carbocycles. The van der Waals surface area contributed by atoms with Crippen molar-refractivity contribution < 1.29 is 9.84 Å². The molecule has 1 heterocycles. The minimum Gasteiger partial charge on any atom is -0.389 e. The summed E-state index contributed by atoms with van der Waals surface area (Å²) < 4.78 is 6.36. The SMILES string of the molecule is C[C@H](O)c1ccc(N2CCOCC2)c(Br)c1. The topological polar surface area (TPSA) is 32.7 Å².